The van der Waals surface area contributed by atoms with Gasteiger partial charge in [-0.05, 0) is 75.4 Å². The third kappa shape index (κ3) is 3.82. The molecular weight excluding hydrogens is 272 g/mol. The Hall–Kier alpha value is -1.06. The fraction of sp³-hybridized carbons (Fsp3) is 0.684. The first-order chi connectivity index (χ1) is 10.7. The van der Waals surface area contributed by atoms with Crippen molar-refractivity contribution in [1.29, 1.82) is 0 Å². The van der Waals surface area contributed by atoms with Gasteiger partial charge in [0.25, 0.3) is 0 Å². The molecule has 0 radical (unpaired) electrons. The van der Waals surface area contributed by atoms with Gasteiger partial charge in [0.05, 0.1) is 7.11 Å². The lowest BCUT2D eigenvalue weighted by Gasteiger charge is -2.34. The summed E-state index contributed by atoms with van der Waals surface area (Å²) in [5.74, 6) is 1.78. The van der Waals surface area contributed by atoms with E-state index in [-0.39, 0.29) is 0 Å². The second kappa shape index (κ2) is 7.01. The smallest absolute Gasteiger partial charge is 0.119 e. The van der Waals surface area contributed by atoms with Gasteiger partial charge in [-0.15, -0.1) is 0 Å². The zero-order valence-electron chi connectivity index (χ0n) is 14.3. The largest absolute Gasteiger partial charge is 0.497 e. The highest BCUT2D eigenvalue weighted by Gasteiger charge is 2.27. The van der Waals surface area contributed by atoms with Gasteiger partial charge in [0.2, 0.25) is 0 Å². The van der Waals surface area contributed by atoms with Gasteiger partial charge in [0.15, 0.2) is 0 Å². The second-order valence-corrected chi connectivity index (χ2v) is 7.20. The van der Waals surface area contributed by atoms with Gasteiger partial charge < -0.3 is 15.0 Å². The Balaban J connectivity index is 1.63. The Labute approximate surface area is 135 Å². The highest BCUT2D eigenvalue weighted by Crippen LogP contribution is 2.42. The van der Waals surface area contributed by atoms with Crippen molar-refractivity contribution < 1.29 is 4.74 Å². The first kappa shape index (κ1) is 15.8. The van der Waals surface area contributed by atoms with E-state index in [0.717, 1.165) is 24.3 Å². The number of nitrogens with zero attached hydrogens (tertiary/aromatic N) is 1. The average Bonchev–Trinajstić information content (AvgIpc) is 3.37. The van der Waals surface area contributed by atoms with E-state index in [4.69, 9.17) is 4.74 Å². The fourth-order valence-electron chi connectivity index (χ4n) is 3.73. The molecule has 2 aliphatic rings. The molecule has 3 rings (SSSR count). The van der Waals surface area contributed by atoms with E-state index >= 15 is 0 Å². The number of rotatable bonds is 6. The van der Waals surface area contributed by atoms with Crippen LogP contribution in [-0.4, -0.2) is 38.2 Å². The lowest BCUT2D eigenvalue weighted by atomic mass is 9.90. The molecule has 2 unspecified atom stereocenters. The van der Waals surface area contributed by atoms with Crippen LogP contribution in [0.15, 0.2) is 18.2 Å². The minimum absolute atomic E-state index is 0.652. The molecule has 122 valence electrons. The highest BCUT2D eigenvalue weighted by atomic mass is 16.5. The molecule has 3 heteroatoms. The minimum atomic E-state index is 0.652. The summed E-state index contributed by atoms with van der Waals surface area (Å²) < 4.78 is 5.42. The number of hydrogen-bond donors (Lipinski definition) is 1. The molecule has 22 heavy (non-hydrogen) atoms. The summed E-state index contributed by atoms with van der Waals surface area (Å²) in [5, 5.41) is 3.81. The maximum Gasteiger partial charge on any atom is 0.119 e. The maximum absolute atomic E-state index is 5.42. The number of methoxy groups -OCH3 is 1. The Bertz CT molecular complexity index is 496. The Morgan fingerprint density at radius 2 is 2.00 bits per heavy atom. The van der Waals surface area contributed by atoms with Crippen molar-refractivity contribution in [3.05, 3.63) is 29.3 Å². The molecular formula is C19H30N2O. The number of hydrogen-bond acceptors (Lipinski definition) is 3. The van der Waals surface area contributed by atoms with E-state index < -0.39 is 0 Å². The standard InChI is InChI=1S/C19H30N2O/c1-21(2)17-6-4-5-16(12-17)20-13-15-11-18(22-3)9-10-19(15)14-7-8-14/h9-11,14,16-17,20H,4-8,12-13H2,1-3H3. The van der Waals surface area contributed by atoms with Crippen LogP contribution in [0.2, 0.25) is 0 Å². The van der Waals surface area contributed by atoms with E-state index in [1.807, 2.05) is 0 Å². The van der Waals surface area contributed by atoms with Crippen molar-refractivity contribution in [3.63, 3.8) is 0 Å². The normalized spacial score (nSPS) is 25.5. The van der Waals surface area contributed by atoms with Crippen molar-refractivity contribution in [1.82, 2.24) is 10.2 Å². The molecule has 1 aromatic rings. The summed E-state index contributed by atoms with van der Waals surface area (Å²) >= 11 is 0. The molecule has 0 aliphatic heterocycles. The van der Waals surface area contributed by atoms with Crippen molar-refractivity contribution >= 4 is 0 Å². The van der Waals surface area contributed by atoms with Crippen LogP contribution < -0.4 is 10.1 Å². The summed E-state index contributed by atoms with van der Waals surface area (Å²) in [4.78, 5) is 2.38. The van der Waals surface area contributed by atoms with E-state index in [0.29, 0.717) is 6.04 Å². The lowest BCUT2D eigenvalue weighted by Crippen LogP contribution is -2.41. The van der Waals surface area contributed by atoms with Crippen LogP contribution in [0.3, 0.4) is 0 Å². The van der Waals surface area contributed by atoms with Gasteiger partial charge in [0.1, 0.15) is 5.75 Å². The van der Waals surface area contributed by atoms with Crippen LogP contribution in [0, 0.1) is 0 Å². The van der Waals surface area contributed by atoms with Crippen molar-refractivity contribution in [2.24, 2.45) is 0 Å². The first-order valence-electron chi connectivity index (χ1n) is 8.74. The van der Waals surface area contributed by atoms with Gasteiger partial charge >= 0.3 is 0 Å². The topological polar surface area (TPSA) is 24.5 Å². The zero-order chi connectivity index (χ0) is 15.5. The summed E-state index contributed by atoms with van der Waals surface area (Å²) in [6.07, 6.45) is 7.98. The lowest BCUT2D eigenvalue weighted by molar-refractivity contribution is 0.198. The Morgan fingerprint density at radius 1 is 1.18 bits per heavy atom. The Morgan fingerprint density at radius 3 is 2.68 bits per heavy atom. The number of ether oxygens (including phenoxy) is 1. The van der Waals surface area contributed by atoms with Gasteiger partial charge in [0, 0.05) is 18.6 Å². The molecule has 2 atom stereocenters. The molecule has 2 fully saturated rings. The van der Waals surface area contributed by atoms with Gasteiger partial charge in [-0.1, -0.05) is 12.5 Å². The van der Waals surface area contributed by atoms with Crippen molar-refractivity contribution in [2.45, 2.75) is 63.1 Å². The molecule has 0 heterocycles. The summed E-state index contributed by atoms with van der Waals surface area (Å²) in [5.41, 5.74) is 2.97. The van der Waals surface area contributed by atoms with E-state index in [2.05, 4.69) is 42.5 Å². The molecule has 0 bridgehead atoms. The SMILES string of the molecule is COc1ccc(C2CC2)c(CNC2CCCC(N(C)C)C2)c1. The highest BCUT2D eigenvalue weighted by molar-refractivity contribution is 5.39. The van der Waals surface area contributed by atoms with Crippen LogP contribution in [0.1, 0.15) is 55.6 Å². The van der Waals surface area contributed by atoms with Gasteiger partial charge in [-0.2, -0.15) is 0 Å². The molecule has 0 saturated heterocycles. The van der Waals surface area contributed by atoms with Crippen LogP contribution in [-0.2, 0) is 6.54 Å². The van der Waals surface area contributed by atoms with E-state index in [1.165, 1.54) is 49.7 Å². The monoisotopic (exact) mass is 302 g/mol. The second-order valence-electron chi connectivity index (χ2n) is 7.20. The zero-order valence-corrected chi connectivity index (χ0v) is 14.3. The van der Waals surface area contributed by atoms with Crippen LogP contribution in [0.25, 0.3) is 0 Å². The third-order valence-electron chi connectivity index (χ3n) is 5.33. The predicted molar refractivity (Wildman–Crippen MR) is 91.5 cm³/mol. The quantitative estimate of drug-likeness (QED) is 0.870. The van der Waals surface area contributed by atoms with Crippen LogP contribution in [0.5, 0.6) is 5.75 Å². The Kier molecular flexibility index (Phi) is 5.04. The summed E-state index contributed by atoms with van der Waals surface area (Å²) in [7, 11) is 6.17. The summed E-state index contributed by atoms with van der Waals surface area (Å²) in [6, 6.07) is 8.00. The maximum atomic E-state index is 5.42. The molecule has 3 nitrogen and oxygen atoms in total. The van der Waals surface area contributed by atoms with Crippen molar-refractivity contribution in [3.8, 4) is 5.75 Å². The molecule has 1 aromatic carbocycles. The number of nitrogens with one attached hydrogen (secondary N) is 1. The fourth-order valence-corrected chi connectivity index (χ4v) is 3.73. The predicted octanol–water partition coefficient (Wildman–Crippen LogP) is 3.54. The van der Waals surface area contributed by atoms with Gasteiger partial charge in [-0.25, -0.2) is 0 Å². The first-order valence-corrected chi connectivity index (χ1v) is 8.74. The van der Waals surface area contributed by atoms with Crippen LogP contribution in [0.4, 0.5) is 0 Å². The molecule has 1 N–H and O–H groups in total. The molecule has 2 saturated carbocycles. The van der Waals surface area contributed by atoms with E-state index in [1.54, 1.807) is 7.11 Å². The average molecular weight is 302 g/mol. The minimum Gasteiger partial charge on any atom is -0.497 e. The molecule has 0 spiro atoms. The van der Waals surface area contributed by atoms with Crippen LogP contribution >= 0.6 is 0 Å². The number of benzene rings is 1. The van der Waals surface area contributed by atoms with Gasteiger partial charge in [-0.3, -0.25) is 0 Å². The molecule has 0 aromatic heterocycles. The van der Waals surface area contributed by atoms with Crippen molar-refractivity contribution in [2.75, 3.05) is 21.2 Å². The summed E-state index contributed by atoms with van der Waals surface area (Å²) in [6.45, 7) is 0.980. The molecule has 2 aliphatic carbocycles. The molecule has 0 amide bonds. The third-order valence-corrected chi connectivity index (χ3v) is 5.33. The van der Waals surface area contributed by atoms with E-state index in [9.17, 15) is 0 Å².